The molecule has 0 aromatic rings. The zero-order valence-corrected chi connectivity index (χ0v) is 10.5. The van der Waals surface area contributed by atoms with Crippen molar-refractivity contribution in [3.8, 4) is 0 Å². The smallest absolute Gasteiger partial charge is 0.304 e. The third-order valence-corrected chi connectivity index (χ3v) is 2.31. The highest BCUT2D eigenvalue weighted by molar-refractivity contribution is 5.72. The Morgan fingerprint density at radius 3 is 1.89 bits per heavy atom. The summed E-state index contributed by atoms with van der Waals surface area (Å²) in [5.74, 6) is -1.92. The fraction of sp³-hybridized carbons (Fsp3) is 0.727. The Morgan fingerprint density at radius 2 is 1.50 bits per heavy atom. The number of carboxylic acids is 2. The average Bonchev–Trinajstić information content (AvgIpc) is 2.25. The van der Waals surface area contributed by atoms with Gasteiger partial charge < -0.3 is 20.4 Å². The molecule has 7 heteroatoms. The molecule has 0 saturated carbocycles. The maximum absolute atomic E-state index is 10.6. The molecule has 0 heterocycles. The van der Waals surface area contributed by atoms with Gasteiger partial charge in [-0.05, 0) is 13.0 Å². The van der Waals surface area contributed by atoms with E-state index in [1.807, 2.05) is 0 Å². The molecule has 0 aliphatic rings. The number of carbonyl (C=O) groups is 3. The molecule has 0 fully saturated rings. The number of aliphatic carboxylic acids is 2. The maximum atomic E-state index is 10.6. The first kappa shape index (κ1) is 16.4. The predicted molar refractivity (Wildman–Crippen MR) is 64.2 cm³/mol. The van der Waals surface area contributed by atoms with Gasteiger partial charge >= 0.3 is 11.9 Å². The number of rotatable bonds is 10. The van der Waals surface area contributed by atoms with Crippen LogP contribution in [0.5, 0.6) is 0 Å². The number of nitrogens with one attached hydrogen (secondary N) is 1. The Balaban J connectivity index is 3.91. The summed E-state index contributed by atoms with van der Waals surface area (Å²) in [7, 11) is 0. The minimum atomic E-state index is -0.905. The molecule has 0 saturated heterocycles. The Kier molecular flexibility index (Phi) is 8.55. The van der Waals surface area contributed by atoms with Crippen molar-refractivity contribution in [3.63, 3.8) is 0 Å². The number of amides is 1. The topological polar surface area (TPSA) is 107 Å². The van der Waals surface area contributed by atoms with Crippen LogP contribution < -0.4 is 5.32 Å². The van der Waals surface area contributed by atoms with E-state index in [2.05, 4.69) is 5.32 Å². The highest BCUT2D eigenvalue weighted by Gasteiger charge is 2.09. The van der Waals surface area contributed by atoms with Crippen LogP contribution in [0.4, 0.5) is 0 Å². The quantitative estimate of drug-likeness (QED) is 0.468. The summed E-state index contributed by atoms with van der Waals surface area (Å²) in [6.45, 7) is 3.14. The second kappa shape index (κ2) is 9.41. The molecule has 0 aromatic heterocycles. The molecule has 0 aromatic carbocycles. The van der Waals surface area contributed by atoms with Crippen LogP contribution in [-0.4, -0.2) is 59.1 Å². The van der Waals surface area contributed by atoms with Gasteiger partial charge in [-0.15, -0.1) is 0 Å². The number of carboxylic acid groups (broad SMARTS) is 2. The number of carbonyl (C=O) groups excluding carboxylic acids is 1. The second-order valence-corrected chi connectivity index (χ2v) is 3.97. The van der Waals surface area contributed by atoms with Gasteiger partial charge in [-0.1, -0.05) is 0 Å². The Morgan fingerprint density at radius 1 is 1.00 bits per heavy atom. The van der Waals surface area contributed by atoms with Crippen LogP contribution in [0, 0.1) is 0 Å². The van der Waals surface area contributed by atoms with Crippen molar-refractivity contribution < 1.29 is 24.6 Å². The molecule has 0 spiro atoms. The van der Waals surface area contributed by atoms with Crippen LogP contribution in [0.3, 0.4) is 0 Å². The molecule has 0 bridgehead atoms. The molecular formula is C11H20N2O5. The van der Waals surface area contributed by atoms with E-state index in [1.165, 1.54) is 6.92 Å². The summed E-state index contributed by atoms with van der Waals surface area (Å²) in [5, 5.41) is 19.8. The van der Waals surface area contributed by atoms with Crippen LogP contribution in [0.25, 0.3) is 0 Å². The first-order valence-electron chi connectivity index (χ1n) is 5.82. The van der Waals surface area contributed by atoms with Gasteiger partial charge in [0, 0.05) is 26.6 Å². The predicted octanol–water partition coefficient (Wildman–Crippen LogP) is -0.236. The number of hydrogen-bond donors (Lipinski definition) is 3. The molecule has 18 heavy (non-hydrogen) atoms. The van der Waals surface area contributed by atoms with Crippen molar-refractivity contribution in [3.05, 3.63) is 0 Å². The molecule has 3 N–H and O–H groups in total. The van der Waals surface area contributed by atoms with Crippen LogP contribution in [0.1, 0.15) is 26.2 Å². The first-order chi connectivity index (χ1) is 8.41. The van der Waals surface area contributed by atoms with Crippen molar-refractivity contribution in [1.82, 2.24) is 10.2 Å². The summed E-state index contributed by atoms with van der Waals surface area (Å²) in [4.78, 5) is 33.3. The normalized spacial score (nSPS) is 10.3. The summed E-state index contributed by atoms with van der Waals surface area (Å²) >= 11 is 0. The summed E-state index contributed by atoms with van der Waals surface area (Å²) in [6.07, 6.45) is 0.637. The molecule has 0 atom stereocenters. The molecule has 0 aliphatic heterocycles. The first-order valence-corrected chi connectivity index (χ1v) is 5.82. The van der Waals surface area contributed by atoms with E-state index in [0.29, 0.717) is 32.6 Å². The van der Waals surface area contributed by atoms with E-state index in [4.69, 9.17) is 10.2 Å². The summed E-state index contributed by atoms with van der Waals surface area (Å²) < 4.78 is 0. The Bertz CT molecular complexity index is 275. The van der Waals surface area contributed by atoms with Gasteiger partial charge in [-0.3, -0.25) is 14.4 Å². The molecule has 7 nitrogen and oxygen atoms in total. The standard InChI is InChI=1S/C11H20N2O5/c1-9(14)12-5-2-6-13(7-3-10(15)16)8-4-11(17)18/h2-8H2,1H3,(H,12,14)(H,15,16)(H,17,18). The van der Waals surface area contributed by atoms with Crippen molar-refractivity contribution >= 4 is 17.8 Å². The lowest BCUT2D eigenvalue weighted by atomic mass is 10.3. The van der Waals surface area contributed by atoms with E-state index in [1.54, 1.807) is 4.90 Å². The summed E-state index contributed by atoms with van der Waals surface area (Å²) in [5.41, 5.74) is 0. The van der Waals surface area contributed by atoms with Crippen LogP contribution >= 0.6 is 0 Å². The number of nitrogens with zero attached hydrogens (tertiary/aromatic N) is 1. The zero-order chi connectivity index (χ0) is 14.0. The van der Waals surface area contributed by atoms with E-state index in [9.17, 15) is 14.4 Å². The fourth-order valence-corrected chi connectivity index (χ4v) is 1.41. The second-order valence-electron chi connectivity index (χ2n) is 3.97. The van der Waals surface area contributed by atoms with Gasteiger partial charge in [0.05, 0.1) is 12.8 Å². The van der Waals surface area contributed by atoms with Crippen molar-refractivity contribution in [2.24, 2.45) is 0 Å². The minimum Gasteiger partial charge on any atom is -0.481 e. The van der Waals surface area contributed by atoms with Crippen LogP contribution in [0.2, 0.25) is 0 Å². The average molecular weight is 260 g/mol. The van der Waals surface area contributed by atoms with Crippen molar-refractivity contribution in [2.45, 2.75) is 26.2 Å². The van der Waals surface area contributed by atoms with Crippen molar-refractivity contribution in [1.29, 1.82) is 0 Å². The lowest BCUT2D eigenvalue weighted by Crippen LogP contribution is -2.32. The molecule has 0 aliphatic carbocycles. The highest BCUT2D eigenvalue weighted by Crippen LogP contribution is 1.97. The van der Waals surface area contributed by atoms with Gasteiger partial charge in [-0.25, -0.2) is 0 Å². The largest absolute Gasteiger partial charge is 0.481 e. The van der Waals surface area contributed by atoms with Gasteiger partial charge in [0.1, 0.15) is 0 Å². The number of hydrogen-bond acceptors (Lipinski definition) is 4. The lowest BCUT2D eigenvalue weighted by Gasteiger charge is -2.20. The van der Waals surface area contributed by atoms with E-state index in [-0.39, 0.29) is 18.7 Å². The van der Waals surface area contributed by atoms with E-state index >= 15 is 0 Å². The van der Waals surface area contributed by atoms with Gasteiger partial charge in [0.15, 0.2) is 0 Å². The Hall–Kier alpha value is -1.63. The van der Waals surface area contributed by atoms with E-state index in [0.717, 1.165) is 0 Å². The maximum Gasteiger partial charge on any atom is 0.304 e. The monoisotopic (exact) mass is 260 g/mol. The third-order valence-electron chi connectivity index (χ3n) is 2.31. The summed E-state index contributed by atoms with van der Waals surface area (Å²) in [6, 6.07) is 0. The van der Waals surface area contributed by atoms with Gasteiger partial charge in [0.25, 0.3) is 0 Å². The molecule has 0 radical (unpaired) electrons. The minimum absolute atomic E-state index is 0.0141. The van der Waals surface area contributed by atoms with E-state index < -0.39 is 11.9 Å². The van der Waals surface area contributed by atoms with Crippen molar-refractivity contribution in [2.75, 3.05) is 26.2 Å². The SMILES string of the molecule is CC(=O)NCCCN(CCC(=O)O)CCC(=O)O. The molecule has 1 amide bonds. The fourth-order valence-electron chi connectivity index (χ4n) is 1.41. The molecule has 0 unspecified atom stereocenters. The van der Waals surface area contributed by atoms with Crippen LogP contribution in [0.15, 0.2) is 0 Å². The lowest BCUT2D eigenvalue weighted by molar-refractivity contribution is -0.137. The van der Waals surface area contributed by atoms with Gasteiger partial charge in [0.2, 0.25) is 5.91 Å². The molecule has 0 rings (SSSR count). The molecular weight excluding hydrogens is 240 g/mol. The zero-order valence-electron chi connectivity index (χ0n) is 10.5. The molecule has 104 valence electrons. The van der Waals surface area contributed by atoms with Crippen LogP contribution in [-0.2, 0) is 14.4 Å². The van der Waals surface area contributed by atoms with Gasteiger partial charge in [-0.2, -0.15) is 0 Å². The Labute approximate surface area is 106 Å². The highest BCUT2D eigenvalue weighted by atomic mass is 16.4. The third kappa shape index (κ3) is 10.9.